The smallest absolute Gasteiger partial charge is 0.408 e. The minimum atomic E-state index is -3.39. The Bertz CT molecular complexity index is 2010. The number of alkyl carbamates (subject to hydrolysis) is 2. The third-order valence-corrected chi connectivity index (χ3v) is 17.7. The molecule has 12 nitrogen and oxygen atoms in total. The molecule has 2 aliphatic carbocycles. The summed E-state index contributed by atoms with van der Waals surface area (Å²) in [5.41, 5.74) is 2.96. The molecule has 0 bridgehead atoms. The second-order valence-corrected chi connectivity index (χ2v) is 26.8. The molecule has 2 aromatic carbocycles. The van der Waals surface area contributed by atoms with Crippen molar-refractivity contribution in [2.45, 2.75) is 252 Å². The van der Waals surface area contributed by atoms with Gasteiger partial charge in [-0.1, -0.05) is 133 Å². The molecule has 0 aliphatic heterocycles. The zero-order chi connectivity index (χ0) is 54.7. The molecular formula is C60H102N2O10P2. The average molecular weight is 1070 g/mol. The lowest BCUT2D eigenvalue weighted by atomic mass is 9.90. The summed E-state index contributed by atoms with van der Waals surface area (Å²) < 4.78 is 59.4. The van der Waals surface area contributed by atoms with Gasteiger partial charge >= 0.3 is 27.4 Å². The van der Waals surface area contributed by atoms with E-state index in [0.717, 1.165) is 38.5 Å². The largest absolute Gasteiger partial charge is 0.444 e. The van der Waals surface area contributed by atoms with Crippen LogP contribution in [-0.4, -0.2) is 67.1 Å². The number of amides is 2. The first kappa shape index (κ1) is 65.3. The Hall–Kier alpha value is -2.98. The fraction of sp³-hybridized carbons (Fsp3) is 0.733. The number of hydrogen-bond acceptors (Lipinski definition) is 10. The molecule has 0 heterocycles. The van der Waals surface area contributed by atoms with E-state index in [9.17, 15) is 18.7 Å². The van der Waals surface area contributed by atoms with Gasteiger partial charge < -0.3 is 38.2 Å². The summed E-state index contributed by atoms with van der Waals surface area (Å²) in [5, 5.41) is 6.26. The Morgan fingerprint density at radius 3 is 1.43 bits per heavy atom. The van der Waals surface area contributed by atoms with Crippen molar-refractivity contribution in [2.24, 2.45) is 0 Å². The molecule has 2 saturated carbocycles. The molecule has 2 N–H and O–H groups in total. The van der Waals surface area contributed by atoms with Crippen LogP contribution in [0.5, 0.6) is 0 Å². The number of rotatable bonds is 31. The lowest BCUT2D eigenvalue weighted by Crippen LogP contribution is -2.49. The highest BCUT2D eigenvalue weighted by atomic mass is 31.2. The van der Waals surface area contributed by atoms with Crippen LogP contribution in [0.15, 0.2) is 60.4 Å². The molecular weight excluding hydrogens is 971 g/mol. The number of hydrogen-bond donors (Lipinski definition) is 2. The topological polar surface area (TPSA) is 148 Å². The fourth-order valence-electron chi connectivity index (χ4n) is 10.3. The summed E-state index contributed by atoms with van der Waals surface area (Å²) in [6, 6.07) is 18.0. The molecule has 0 radical (unpaired) electrons. The predicted molar refractivity (Wildman–Crippen MR) is 305 cm³/mol. The first-order chi connectivity index (χ1) is 35.1. The maximum absolute atomic E-state index is 13.2. The molecule has 0 spiro atoms. The van der Waals surface area contributed by atoms with Crippen molar-refractivity contribution >= 4 is 27.4 Å². The highest BCUT2D eigenvalue weighted by Gasteiger charge is 2.44. The molecule has 2 aromatic rings. The van der Waals surface area contributed by atoms with Gasteiger partial charge in [0.15, 0.2) is 0 Å². The molecule has 422 valence electrons. The van der Waals surface area contributed by atoms with E-state index in [1.165, 1.54) is 105 Å². The Balaban J connectivity index is 0.000000390. The van der Waals surface area contributed by atoms with E-state index < -0.39 is 49.7 Å². The maximum atomic E-state index is 13.2. The minimum absolute atomic E-state index is 0.272. The molecule has 2 aliphatic rings. The van der Waals surface area contributed by atoms with Crippen LogP contribution in [0.4, 0.5) is 9.59 Å². The lowest BCUT2D eigenvalue weighted by Gasteiger charge is -2.33. The number of carbonyl (C=O) groups is 2. The summed E-state index contributed by atoms with van der Waals surface area (Å²) in [4.78, 5) is 25.6. The van der Waals surface area contributed by atoms with Crippen LogP contribution in [0.2, 0.25) is 0 Å². The number of unbranched alkanes of at least 4 members (excludes halogenated alkanes) is 10. The standard InChI is InChI=1S/C30H52NO5P.C30H50NO5P/c2*1-7-10-11-12-13-14-15-25-16-18-26(19-17-25)27-20-21-30(24-27,31-28(32)36-29(4,5)6)22-23-37(33,34-8-2)35-9-3/h16-19,27H,7-15,20-24H2,1-6H3,(H,31,32);16-19,22-23,27H,7-15,20-21,24H2,1-6H3,(H,31,32)/b;23-22+/t2*27?,30-/m00/s1. The zero-order valence-corrected chi connectivity index (χ0v) is 50.1. The van der Waals surface area contributed by atoms with Gasteiger partial charge in [0.2, 0.25) is 0 Å². The van der Waals surface area contributed by atoms with Gasteiger partial charge in [0, 0.05) is 11.4 Å². The highest BCUT2D eigenvalue weighted by Crippen LogP contribution is 2.53. The first-order valence-corrected chi connectivity index (χ1v) is 32.1. The van der Waals surface area contributed by atoms with Crippen molar-refractivity contribution in [1.29, 1.82) is 0 Å². The van der Waals surface area contributed by atoms with Crippen LogP contribution >= 0.6 is 15.2 Å². The molecule has 4 atom stereocenters. The summed E-state index contributed by atoms with van der Waals surface area (Å²) in [5.74, 6) is 2.13. The minimum Gasteiger partial charge on any atom is -0.444 e. The van der Waals surface area contributed by atoms with E-state index in [1.54, 1.807) is 13.8 Å². The van der Waals surface area contributed by atoms with Gasteiger partial charge in [-0.2, -0.15) is 0 Å². The molecule has 0 aromatic heterocycles. The van der Waals surface area contributed by atoms with Crippen molar-refractivity contribution < 1.29 is 46.3 Å². The highest BCUT2D eigenvalue weighted by molar-refractivity contribution is 7.57. The van der Waals surface area contributed by atoms with Gasteiger partial charge in [-0.05, 0) is 174 Å². The van der Waals surface area contributed by atoms with E-state index in [4.69, 9.17) is 27.6 Å². The van der Waals surface area contributed by atoms with E-state index in [0.29, 0.717) is 38.4 Å². The van der Waals surface area contributed by atoms with Crippen LogP contribution in [0.3, 0.4) is 0 Å². The first-order valence-electron chi connectivity index (χ1n) is 28.7. The van der Waals surface area contributed by atoms with Crippen LogP contribution < -0.4 is 10.6 Å². The maximum Gasteiger partial charge on any atom is 0.408 e. The summed E-state index contributed by atoms with van der Waals surface area (Å²) in [6.07, 6.45) is 24.5. The monoisotopic (exact) mass is 1070 g/mol. The zero-order valence-electron chi connectivity index (χ0n) is 48.3. The number of benzene rings is 2. The van der Waals surface area contributed by atoms with E-state index in [2.05, 4.69) is 73.0 Å². The van der Waals surface area contributed by atoms with Crippen LogP contribution in [0.25, 0.3) is 0 Å². The second kappa shape index (κ2) is 32.7. The predicted octanol–water partition coefficient (Wildman–Crippen LogP) is 17.7. The van der Waals surface area contributed by atoms with E-state index >= 15 is 0 Å². The number of aryl methyl sites for hydroxylation is 2. The second-order valence-electron chi connectivity index (χ2n) is 22.7. The summed E-state index contributed by atoms with van der Waals surface area (Å²) in [7, 11) is -6.60. The third kappa shape index (κ3) is 25.0. The lowest BCUT2D eigenvalue weighted by molar-refractivity contribution is 0.0446. The van der Waals surface area contributed by atoms with Crippen molar-refractivity contribution in [3.63, 3.8) is 0 Å². The molecule has 2 unspecified atom stereocenters. The van der Waals surface area contributed by atoms with E-state index in [1.807, 2.05) is 61.5 Å². The number of carbonyl (C=O) groups excluding carboxylic acids is 2. The molecule has 2 amide bonds. The van der Waals surface area contributed by atoms with Crippen molar-refractivity contribution in [3.05, 3.63) is 82.7 Å². The van der Waals surface area contributed by atoms with E-state index in [-0.39, 0.29) is 25.3 Å². The Morgan fingerprint density at radius 1 is 0.568 bits per heavy atom. The van der Waals surface area contributed by atoms with Crippen molar-refractivity contribution in [3.8, 4) is 0 Å². The number of ether oxygens (including phenoxy) is 2. The third-order valence-electron chi connectivity index (χ3n) is 13.9. The van der Waals surface area contributed by atoms with Gasteiger partial charge in [0.05, 0.1) is 38.1 Å². The van der Waals surface area contributed by atoms with Gasteiger partial charge in [-0.15, -0.1) is 0 Å². The summed E-state index contributed by atoms with van der Waals surface area (Å²) >= 11 is 0. The fourth-order valence-corrected chi connectivity index (χ4v) is 13.5. The number of nitrogens with one attached hydrogen (secondary N) is 2. The van der Waals surface area contributed by atoms with Crippen molar-refractivity contribution in [1.82, 2.24) is 10.6 Å². The molecule has 2 fully saturated rings. The van der Waals surface area contributed by atoms with Gasteiger partial charge in [-0.3, -0.25) is 9.13 Å². The SMILES string of the molecule is CCCCCCCCc1ccc(C2CC[C@@](/C=C/P(=O)(OCC)OCC)(NC(=O)OC(C)(C)C)C2)cc1.CCCCCCCCc1ccc(C2CC[C@@](CCP(=O)(OCC)OCC)(NC(=O)OC(C)(C)C)C2)cc1. The van der Waals surface area contributed by atoms with Crippen LogP contribution in [0, 0.1) is 0 Å². The Kier molecular flexibility index (Phi) is 28.8. The molecule has 74 heavy (non-hydrogen) atoms. The average Bonchev–Trinajstić information content (AvgIpc) is 3.95. The Morgan fingerprint density at radius 2 is 0.986 bits per heavy atom. The van der Waals surface area contributed by atoms with Gasteiger partial charge in [0.25, 0.3) is 0 Å². The van der Waals surface area contributed by atoms with Crippen molar-refractivity contribution in [2.75, 3.05) is 32.6 Å². The quantitative estimate of drug-likeness (QED) is 0.0552. The molecule has 0 saturated heterocycles. The van der Waals surface area contributed by atoms with Crippen LogP contribution in [-0.2, 0) is 49.5 Å². The molecule has 4 rings (SSSR count). The Labute approximate surface area is 449 Å². The summed E-state index contributed by atoms with van der Waals surface area (Å²) in [6.45, 7) is 24.1. The van der Waals surface area contributed by atoms with Crippen LogP contribution in [0.1, 0.15) is 239 Å². The van der Waals surface area contributed by atoms with Gasteiger partial charge in [0.1, 0.15) is 11.2 Å². The van der Waals surface area contributed by atoms with Gasteiger partial charge in [-0.25, -0.2) is 9.59 Å². The molecule has 14 heteroatoms. The normalized spacial score (nSPS) is 20.3.